The van der Waals surface area contributed by atoms with Gasteiger partial charge in [-0.15, -0.1) is 0 Å². The van der Waals surface area contributed by atoms with Gasteiger partial charge in [-0.2, -0.15) is 0 Å². The van der Waals surface area contributed by atoms with Crippen molar-refractivity contribution in [3.05, 3.63) is 29.8 Å². The summed E-state index contributed by atoms with van der Waals surface area (Å²) in [5.41, 5.74) is 0.657. The van der Waals surface area contributed by atoms with E-state index in [0.29, 0.717) is 24.2 Å². The number of aromatic carboxylic acids is 1. The second-order valence-electron chi connectivity index (χ2n) is 5.80. The standard InChI is InChI=1S/C14H15FN2O3/c1-14(2)6-20-5-12(14)17-7-16-10-4-9(15)8(13(18)19)3-11(10)17/h3-4,7,12H,5-6H2,1-2H3,(H,18,19). The summed E-state index contributed by atoms with van der Waals surface area (Å²) in [6.07, 6.45) is 1.62. The van der Waals surface area contributed by atoms with Crippen molar-refractivity contribution in [3.63, 3.8) is 0 Å². The maximum Gasteiger partial charge on any atom is 0.338 e. The van der Waals surface area contributed by atoms with Crippen molar-refractivity contribution in [2.75, 3.05) is 13.2 Å². The fourth-order valence-electron chi connectivity index (χ4n) is 2.67. The summed E-state index contributed by atoms with van der Waals surface area (Å²) in [7, 11) is 0. The van der Waals surface area contributed by atoms with Crippen molar-refractivity contribution in [2.24, 2.45) is 5.41 Å². The minimum absolute atomic E-state index is 0.0552. The van der Waals surface area contributed by atoms with Crippen LogP contribution in [0.4, 0.5) is 4.39 Å². The highest BCUT2D eigenvalue weighted by molar-refractivity contribution is 5.92. The number of aromatic nitrogens is 2. The molecule has 0 spiro atoms. The number of ether oxygens (including phenoxy) is 1. The Balaban J connectivity index is 2.18. The third-order valence-electron chi connectivity index (χ3n) is 3.88. The predicted molar refractivity (Wildman–Crippen MR) is 70.3 cm³/mol. The van der Waals surface area contributed by atoms with E-state index >= 15 is 0 Å². The second-order valence-corrected chi connectivity index (χ2v) is 5.80. The van der Waals surface area contributed by atoms with Crippen molar-refractivity contribution < 1.29 is 19.0 Å². The molecule has 6 heteroatoms. The lowest BCUT2D eigenvalue weighted by atomic mass is 9.87. The molecule has 5 nitrogen and oxygen atoms in total. The lowest BCUT2D eigenvalue weighted by Crippen LogP contribution is -2.25. The largest absolute Gasteiger partial charge is 0.478 e. The Hall–Kier alpha value is -1.95. The molecule has 1 unspecified atom stereocenters. The molecule has 1 atom stereocenters. The number of rotatable bonds is 2. The molecule has 1 saturated heterocycles. The minimum Gasteiger partial charge on any atom is -0.478 e. The van der Waals surface area contributed by atoms with E-state index in [1.54, 1.807) is 6.33 Å². The lowest BCUT2D eigenvalue weighted by Gasteiger charge is -2.26. The van der Waals surface area contributed by atoms with E-state index in [1.165, 1.54) is 6.07 Å². The van der Waals surface area contributed by atoms with Crippen LogP contribution < -0.4 is 0 Å². The molecule has 0 amide bonds. The molecule has 3 rings (SSSR count). The summed E-state index contributed by atoms with van der Waals surface area (Å²) in [4.78, 5) is 15.2. The van der Waals surface area contributed by atoms with Gasteiger partial charge in [0.1, 0.15) is 5.82 Å². The number of imidazole rings is 1. The SMILES string of the molecule is CC1(C)COCC1n1cnc2cc(F)c(C(=O)O)cc21. The van der Waals surface area contributed by atoms with Crippen molar-refractivity contribution >= 4 is 17.0 Å². The average molecular weight is 278 g/mol. The summed E-state index contributed by atoms with van der Waals surface area (Å²) in [6.45, 7) is 5.33. The highest BCUT2D eigenvalue weighted by atomic mass is 19.1. The normalized spacial score (nSPS) is 21.4. The fourth-order valence-corrected chi connectivity index (χ4v) is 2.67. The van der Waals surface area contributed by atoms with Gasteiger partial charge in [-0.1, -0.05) is 13.8 Å². The summed E-state index contributed by atoms with van der Waals surface area (Å²) in [5, 5.41) is 9.03. The zero-order valence-corrected chi connectivity index (χ0v) is 11.3. The van der Waals surface area contributed by atoms with Gasteiger partial charge in [0.05, 0.1) is 42.2 Å². The molecule has 1 aromatic heterocycles. The van der Waals surface area contributed by atoms with Crippen LogP contribution in [0.15, 0.2) is 18.5 Å². The fraction of sp³-hybridized carbons (Fsp3) is 0.429. The van der Waals surface area contributed by atoms with E-state index in [0.717, 1.165) is 6.07 Å². The van der Waals surface area contributed by atoms with Gasteiger partial charge in [0.2, 0.25) is 0 Å². The number of hydrogen-bond donors (Lipinski definition) is 1. The Bertz CT molecular complexity index is 693. The molecule has 20 heavy (non-hydrogen) atoms. The third-order valence-corrected chi connectivity index (χ3v) is 3.88. The van der Waals surface area contributed by atoms with Gasteiger partial charge in [-0.25, -0.2) is 14.2 Å². The van der Waals surface area contributed by atoms with Crippen LogP contribution in [0.5, 0.6) is 0 Å². The van der Waals surface area contributed by atoms with E-state index in [2.05, 4.69) is 18.8 Å². The highest BCUT2D eigenvalue weighted by Gasteiger charge is 2.37. The Kier molecular flexibility index (Phi) is 2.79. The zero-order chi connectivity index (χ0) is 14.5. The van der Waals surface area contributed by atoms with Crippen molar-refractivity contribution in [1.82, 2.24) is 9.55 Å². The number of fused-ring (bicyclic) bond motifs is 1. The number of carboxylic acids is 1. The van der Waals surface area contributed by atoms with Gasteiger partial charge in [0.25, 0.3) is 0 Å². The Morgan fingerprint density at radius 3 is 2.90 bits per heavy atom. The van der Waals surface area contributed by atoms with E-state index in [1.807, 2.05) is 4.57 Å². The van der Waals surface area contributed by atoms with Gasteiger partial charge in [0, 0.05) is 11.5 Å². The van der Waals surface area contributed by atoms with Crippen molar-refractivity contribution in [2.45, 2.75) is 19.9 Å². The van der Waals surface area contributed by atoms with Gasteiger partial charge in [0.15, 0.2) is 0 Å². The van der Waals surface area contributed by atoms with E-state index in [-0.39, 0.29) is 17.0 Å². The molecule has 0 bridgehead atoms. The monoisotopic (exact) mass is 278 g/mol. The first-order valence-electron chi connectivity index (χ1n) is 6.37. The molecule has 1 N–H and O–H groups in total. The maximum atomic E-state index is 13.7. The smallest absolute Gasteiger partial charge is 0.338 e. The first-order chi connectivity index (χ1) is 9.40. The topological polar surface area (TPSA) is 64.4 Å². The first kappa shape index (κ1) is 13.1. The molecule has 2 aromatic rings. The van der Waals surface area contributed by atoms with Gasteiger partial charge >= 0.3 is 5.97 Å². The van der Waals surface area contributed by atoms with Crippen LogP contribution in [0, 0.1) is 11.2 Å². The molecule has 1 aliphatic rings. The third kappa shape index (κ3) is 1.87. The molecule has 0 aliphatic carbocycles. The van der Waals surface area contributed by atoms with Crippen LogP contribution in [0.25, 0.3) is 11.0 Å². The van der Waals surface area contributed by atoms with Crippen LogP contribution in [0.3, 0.4) is 0 Å². The maximum absolute atomic E-state index is 13.7. The van der Waals surface area contributed by atoms with Crippen LogP contribution in [0.2, 0.25) is 0 Å². The summed E-state index contributed by atoms with van der Waals surface area (Å²) in [6, 6.07) is 2.56. The molecule has 1 fully saturated rings. The number of halogens is 1. The van der Waals surface area contributed by atoms with Gasteiger partial charge in [-0.3, -0.25) is 0 Å². The van der Waals surface area contributed by atoms with Crippen LogP contribution in [-0.2, 0) is 4.74 Å². The number of benzene rings is 1. The predicted octanol–water partition coefficient (Wildman–Crippen LogP) is 2.47. The van der Waals surface area contributed by atoms with Crippen LogP contribution >= 0.6 is 0 Å². The van der Waals surface area contributed by atoms with Crippen molar-refractivity contribution in [3.8, 4) is 0 Å². The van der Waals surface area contributed by atoms with Crippen LogP contribution in [-0.4, -0.2) is 33.8 Å². The number of nitrogens with zero attached hydrogens (tertiary/aromatic N) is 2. The molecule has 1 aliphatic heterocycles. The summed E-state index contributed by atoms with van der Waals surface area (Å²) >= 11 is 0. The van der Waals surface area contributed by atoms with E-state index < -0.39 is 11.8 Å². The Labute approximate surface area is 115 Å². The average Bonchev–Trinajstić information content (AvgIpc) is 2.90. The quantitative estimate of drug-likeness (QED) is 0.916. The second kappa shape index (κ2) is 4.28. The molecular weight excluding hydrogens is 263 g/mol. The van der Waals surface area contributed by atoms with Gasteiger partial charge < -0.3 is 14.4 Å². The Morgan fingerprint density at radius 1 is 1.55 bits per heavy atom. The highest BCUT2D eigenvalue weighted by Crippen LogP contribution is 2.38. The number of carbonyl (C=O) groups is 1. The lowest BCUT2D eigenvalue weighted by molar-refractivity contribution is 0.0692. The zero-order valence-electron chi connectivity index (χ0n) is 11.3. The first-order valence-corrected chi connectivity index (χ1v) is 6.37. The molecular formula is C14H15FN2O3. The number of hydrogen-bond acceptors (Lipinski definition) is 3. The molecule has 2 heterocycles. The molecule has 106 valence electrons. The van der Waals surface area contributed by atoms with E-state index in [9.17, 15) is 9.18 Å². The van der Waals surface area contributed by atoms with E-state index in [4.69, 9.17) is 9.84 Å². The Morgan fingerprint density at radius 2 is 2.30 bits per heavy atom. The summed E-state index contributed by atoms with van der Waals surface area (Å²) < 4.78 is 21.0. The number of carboxylic acid groups (broad SMARTS) is 1. The van der Waals surface area contributed by atoms with Crippen molar-refractivity contribution in [1.29, 1.82) is 0 Å². The van der Waals surface area contributed by atoms with Crippen LogP contribution in [0.1, 0.15) is 30.2 Å². The van der Waals surface area contributed by atoms with Gasteiger partial charge in [-0.05, 0) is 6.07 Å². The summed E-state index contributed by atoms with van der Waals surface area (Å²) in [5.74, 6) is -2.05. The minimum atomic E-state index is -1.28. The molecule has 1 aromatic carbocycles. The molecule has 0 radical (unpaired) electrons. The molecule has 0 saturated carbocycles.